The Kier molecular flexibility index (Phi) is 2.63. The average molecular weight is 347 g/mol. The molecule has 27 heavy (non-hydrogen) atoms. The van der Waals surface area contributed by atoms with Gasteiger partial charge in [0, 0.05) is 32.8 Å². The number of aromatic amines is 1. The Morgan fingerprint density at radius 1 is 0.519 bits per heavy atom. The predicted molar refractivity (Wildman–Crippen MR) is 107 cm³/mol. The van der Waals surface area contributed by atoms with Gasteiger partial charge in [0.15, 0.2) is 11.6 Å². The number of aromatic nitrogens is 1. The largest absolute Gasteiger partial charge is 0.353 e. The highest BCUT2D eigenvalue weighted by molar-refractivity contribution is 6.33. The Bertz CT molecular complexity index is 1460. The molecule has 1 aliphatic carbocycles. The molecule has 1 aliphatic rings. The molecular weight excluding hydrogens is 334 g/mol. The minimum Gasteiger partial charge on any atom is -0.353 e. The monoisotopic (exact) mass is 347 g/mol. The van der Waals surface area contributed by atoms with E-state index >= 15 is 0 Å². The molecule has 6 rings (SSSR count). The molecule has 0 amide bonds. The zero-order valence-corrected chi connectivity index (χ0v) is 14.2. The fourth-order valence-electron chi connectivity index (χ4n) is 4.30. The fraction of sp³-hybridized carbons (Fsp3) is 0. The number of benzene rings is 4. The highest BCUT2D eigenvalue weighted by Gasteiger charge is 2.31. The van der Waals surface area contributed by atoms with Crippen LogP contribution < -0.4 is 0 Å². The smallest absolute Gasteiger partial charge is 0.196 e. The van der Waals surface area contributed by atoms with Crippen molar-refractivity contribution in [2.45, 2.75) is 0 Å². The molecule has 0 bridgehead atoms. The first-order valence-electron chi connectivity index (χ1n) is 8.88. The van der Waals surface area contributed by atoms with Crippen LogP contribution in [0.4, 0.5) is 0 Å². The predicted octanol–water partition coefficient (Wildman–Crippen LogP) is 5.25. The van der Waals surface area contributed by atoms with Gasteiger partial charge in [0.05, 0.1) is 16.6 Å². The van der Waals surface area contributed by atoms with Gasteiger partial charge in [0.25, 0.3) is 0 Å². The first kappa shape index (κ1) is 14.4. The molecule has 1 aromatic heterocycles. The molecule has 1 N–H and O–H groups in total. The molecule has 0 fully saturated rings. The van der Waals surface area contributed by atoms with Crippen LogP contribution in [0.1, 0.15) is 31.8 Å². The summed E-state index contributed by atoms with van der Waals surface area (Å²) in [7, 11) is 0. The molecule has 0 unspecified atom stereocenters. The van der Waals surface area contributed by atoms with Gasteiger partial charge in [-0.05, 0) is 11.5 Å². The second kappa shape index (κ2) is 4.92. The van der Waals surface area contributed by atoms with Gasteiger partial charge in [-0.25, -0.2) is 0 Å². The number of rotatable bonds is 0. The number of ketones is 2. The first-order valence-corrected chi connectivity index (χ1v) is 8.88. The van der Waals surface area contributed by atoms with Crippen LogP contribution >= 0.6 is 0 Å². The van der Waals surface area contributed by atoms with E-state index in [1.807, 2.05) is 18.2 Å². The van der Waals surface area contributed by atoms with Gasteiger partial charge < -0.3 is 4.98 Å². The van der Waals surface area contributed by atoms with Gasteiger partial charge in [-0.3, -0.25) is 9.59 Å². The zero-order valence-electron chi connectivity index (χ0n) is 14.2. The summed E-state index contributed by atoms with van der Waals surface area (Å²) in [5, 5.41) is 4.27. The lowest BCUT2D eigenvalue weighted by molar-refractivity contribution is 0.0980. The van der Waals surface area contributed by atoms with E-state index in [0.29, 0.717) is 22.3 Å². The van der Waals surface area contributed by atoms with Crippen molar-refractivity contribution in [3.63, 3.8) is 0 Å². The summed E-state index contributed by atoms with van der Waals surface area (Å²) >= 11 is 0. The molecule has 1 heterocycles. The van der Waals surface area contributed by atoms with Crippen molar-refractivity contribution in [2.24, 2.45) is 0 Å². The van der Waals surface area contributed by atoms with Crippen LogP contribution in [0.3, 0.4) is 0 Å². The number of fused-ring (bicyclic) bond motifs is 8. The van der Waals surface area contributed by atoms with Crippen molar-refractivity contribution in [2.75, 3.05) is 0 Å². The van der Waals surface area contributed by atoms with E-state index in [1.165, 1.54) is 0 Å². The fourth-order valence-corrected chi connectivity index (χ4v) is 4.30. The molecule has 0 saturated heterocycles. The minimum absolute atomic E-state index is 0.0920. The normalized spacial score (nSPS) is 13.3. The Balaban J connectivity index is 1.77. The van der Waals surface area contributed by atoms with Crippen LogP contribution in [0.25, 0.3) is 32.6 Å². The van der Waals surface area contributed by atoms with E-state index in [1.54, 1.807) is 30.3 Å². The lowest BCUT2D eigenvalue weighted by atomic mass is 9.83. The molecule has 0 radical (unpaired) electrons. The minimum atomic E-state index is -0.0957. The zero-order chi connectivity index (χ0) is 18.1. The van der Waals surface area contributed by atoms with Crippen molar-refractivity contribution < 1.29 is 9.59 Å². The third-order valence-corrected chi connectivity index (χ3v) is 5.56. The van der Waals surface area contributed by atoms with Gasteiger partial charge >= 0.3 is 0 Å². The van der Waals surface area contributed by atoms with E-state index in [9.17, 15) is 9.59 Å². The summed E-state index contributed by atoms with van der Waals surface area (Å²) in [6.45, 7) is 0. The maximum Gasteiger partial charge on any atom is 0.196 e. The van der Waals surface area contributed by atoms with Crippen LogP contribution in [-0.2, 0) is 0 Å². The van der Waals surface area contributed by atoms with Gasteiger partial charge in [-0.2, -0.15) is 0 Å². The third-order valence-electron chi connectivity index (χ3n) is 5.56. The summed E-state index contributed by atoms with van der Waals surface area (Å²) in [4.78, 5) is 29.7. The number of carbonyl (C=O) groups is 2. The molecule has 3 heteroatoms. The second-order valence-corrected chi connectivity index (χ2v) is 6.95. The molecule has 3 nitrogen and oxygen atoms in total. The van der Waals surface area contributed by atoms with Crippen LogP contribution in [-0.4, -0.2) is 16.6 Å². The highest BCUT2D eigenvalue weighted by atomic mass is 16.1. The van der Waals surface area contributed by atoms with Crippen molar-refractivity contribution in [1.29, 1.82) is 0 Å². The number of hydrogen-bond acceptors (Lipinski definition) is 2. The van der Waals surface area contributed by atoms with Gasteiger partial charge in [0.2, 0.25) is 0 Å². The van der Waals surface area contributed by atoms with E-state index < -0.39 is 0 Å². The maximum absolute atomic E-state index is 13.2. The summed E-state index contributed by atoms with van der Waals surface area (Å²) < 4.78 is 0. The van der Waals surface area contributed by atoms with E-state index in [4.69, 9.17) is 0 Å². The van der Waals surface area contributed by atoms with Gasteiger partial charge in [-0.15, -0.1) is 0 Å². The number of hydrogen-bond donors (Lipinski definition) is 1. The third kappa shape index (κ3) is 1.75. The molecule has 0 aliphatic heterocycles. The SMILES string of the molecule is O=C1c2ccccc2C(=O)c2c1ccc1c2[nH]c2c3ccccc3ccc12. The van der Waals surface area contributed by atoms with Crippen LogP contribution in [0, 0.1) is 0 Å². The maximum atomic E-state index is 13.2. The van der Waals surface area contributed by atoms with Crippen molar-refractivity contribution >= 4 is 44.1 Å². The lowest BCUT2D eigenvalue weighted by Gasteiger charge is -2.17. The molecule has 4 aromatic carbocycles. The Labute approximate surface area is 154 Å². The average Bonchev–Trinajstić information content (AvgIpc) is 3.11. The van der Waals surface area contributed by atoms with Crippen LogP contribution in [0.5, 0.6) is 0 Å². The molecule has 0 saturated carbocycles. The topological polar surface area (TPSA) is 49.9 Å². The Morgan fingerprint density at radius 3 is 2.04 bits per heavy atom. The van der Waals surface area contributed by atoms with E-state index in [-0.39, 0.29) is 11.6 Å². The van der Waals surface area contributed by atoms with Crippen LogP contribution in [0.2, 0.25) is 0 Å². The van der Waals surface area contributed by atoms with Crippen molar-refractivity contribution in [3.05, 3.63) is 95.1 Å². The van der Waals surface area contributed by atoms with Crippen molar-refractivity contribution in [1.82, 2.24) is 4.98 Å². The molecule has 0 atom stereocenters. The Hall–Kier alpha value is -3.72. The molecule has 0 spiro atoms. The summed E-state index contributed by atoms with van der Waals surface area (Å²) in [5.74, 6) is -0.188. The quantitative estimate of drug-likeness (QED) is 0.408. The summed E-state index contributed by atoms with van der Waals surface area (Å²) in [5.41, 5.74) is 3.66. The number of nitrogens with one attached hydrogen (secondary N) is 1. The van der Waals surface area contributed by atoms with E-state index in [2.05, 4.69) is 29.2 Å². The number of carbonyl (C=O) groups excluding carboxylic acids is 2. The second-order valence-electron chi connectivity index (χ2n) is 6.95. The lowest BCUT2D eigenvalue weighted by Crippen LogP contribution is -2.21. The first-order chi connectivity index (χ1) is 13.2. The molecule has 126 valence electrons. The Morgan fingerprint density at radius 2 is 1.19 bits per heavy atom. The van der Waals surface area contributed by atoms with Gasteiger partial charge in [-0.1, -0.05) is 66.7 Å². The summed E-state index contributed by atoms with van der Waals surface area (Å²) in [6, 6.07) is 23.1. The van der Waals surface area contributed by atoms with Crippen molar-refractivity contribution in [3.8, 4) is 0 Å². The van der Waals surface area contributed by atoms with Crippen LogP contribution in [0.15, 0.2) is 72.8 Å². The van der Waals surface area contributed by atoms with E-state index in [0.717, 1.165) is 32.6 Å². The molecular formula is C24H13NO2. The number of H-pyrrole nitrogens is 1. The highest BCUT2D eigenvalue weighted by Crippen LogP contribution is 2.37. The standard InChI is InChI=1S/C24H13NO2/c26-23-17-7-3-4-8-18(17)24(27)20-19(23)12-11-16-15-10-9-13-5-1-2-6-14(13)21(15)25-22(16)20/h1-12,25H. The molecule has 5 aromatic rings. The van der Waals surface area contributed by atoms with Gasteiger partial charge in [0.1, 0.15) is 0 Å². The summed E-state index contributed by atoms with van der Waals surface area (Å²) in [6.07, 6.45) is 0.